The molecule has 0 bridgehead atoms. The standard InChI is InChI=1S/C9H17NO2S/c11-8-3-5-10(6-4-8)9(12)2-1-7-13/h8,11,13H,1-7H2. The third-order valence-corrected chi connectivity index (χ3v) is 2.68. The predicted molar refractivity (Wildman–Crippen MR) is 54.9 cm³/mol. The van der Waals surface area contributed by atoms with Gasteiger partial charge in [-0.05, 0) is 25.0 Å². The van der Waals surface area contributed by atoms with Gasteiger partial charge in [0.05, 0.1) is 6.10 Å². The Morgan fingerprint density at radius 2 is 2.08 bits per heavy atom. The molecule has 1 saturated heterocycles. The van der Waals surface area contributed by atoms with Gasteiger partial charge in [0.15, 0.2) is 0 Å². The molecule has 4 heteroatoms. The van der Waals surface area contributed by atoms with E-state index in [1.165, 1.54) is 0 Å². The van der Waals surface area contributed by atoms with Crippen molar-refractivity contribution in [3.63, 3.8) is 0 Å². The summed E-state index contributed by atoms with van der Waals surface area (Å²) in [6, 6.07) is 0. The molecule has 0 aromatic heterocycles. The highest BCUT2D eigenvalue weighted by Gasteiger charge is 2.20. The van der Waals surface area contributed by atoms with Crippen LogP contribution in [-0.2, 0) is 4.79 Å². The van der Waals surface area contributed by atoms with Crippen molar-refractivity contribution in [3.8, 4) is 0 Å². The molecule has 0 aromatic carbocycles. The molecule has 1 rings (SSSR count). The summed E-state index contributed by atoms with van der Waals surface area (Å²) in [6.07, 6.45) is 2.70. The van der Waals surface area contributed by atoms with Gasteiger partial charge in [0.2, 0.25) is 5.91 Å². The Kier molecular flexibility index (Phi) is 4.59. The number of rotatable bonds is 3. The SMILES string of the molecule is O=C(CCCS)N1CCC(O)CC1. The highest BCUT2D eigenvalue weighted by atomic mass is 32.1. The van der Waals surface area contributed by atoms with E-state index in [-0.39, 0.29) is 12.0 Å². The van der Waals surface area contributed by atoms with E-state index in [1.54, 1.807) is 0 Å². The van der Waals surface area contributed by atoms with Crippen molar-refractivity contribution in [1.82, 2.24) is 4.90 Å². The Morgan fingerprint density at radius 3 is 2.62 bits per heavy atom. The highest BCUT2D eigenvalue weighted by molar-refractivity contribution is 7.80. The van der Waals surface area contributed by atoms with Crippen molar-refractivity contribution in [2.24, 2.45) is 0 Å². The normalized spacial score (nSPS) is 19.1. The Bertz CT molecular complexity index is 167. The average molecular weight is 203 g/mol. The van der Waals surface area contributed by atoms with Gasteiger partial charge >= 0.3 is 0 Å². The highest BCUT2D eigenvalue weighted by Crippen LogP contribution is 2.11. The zero-order valence-electron chi connectivity index (χ0n) is 7.78. The molecule has 1 aliphatic heterocycles. The zero-order chi connectivity index (χ0) is 9.68. The van der Waals surface area contributed by atoms with E-state index in [0.717, 1.165) is 25.0 Å². The topological polar surface area (TPSA) is 40.5 Å². The summed E-state index contributed by atoms with van der Waals surface area (Å²) in [5, 5.41) is 9.23. The Morgan fingerprint density at radius 1 is 1.46 bits per heavy atom. The number of piperidine rings is 1. The Labute approximate surface area is 84.5 Å². The lowest BCUT2D eigenvalue weighted by Crippen LogP contribution is -2.39. The number of aliphatic hydroxyl groups excluding tert-OH is 1. The van der Waals surface area contributed by atoms with E-state index in [1.807, 2.05) is 4.90 Å². The molecule has 0 radical (unpaired) electrons. The first-order valence-corrected chi connectivity index (χ1v) is 5.44. The van der Waals surface area contributed by atoms with Gasteiger partial charge in [-0.1, -0.05) is 0 Å². The first kappa shape index (κ1) is 10.9. The van der Waals surface area contributed by atoms with Crippen molar-refractivity contribution >= 4 is 18.5 Å². The van der Waals surface area contributed by atoms with Crippen molar-refractivity contribution in [3.05, 3.63) is 0 Å². The van der Waals surface area contributed by atoms with Crippen LogP contribution in [0.1, 0.15) is 25.7 Å². The van der Waals surface area contributed by atoms with Gasteiger partial charge in [-0.3, -0.25) is 4.79 Å². The number of amides is 1. The molecule has 0 saturated carbocycles. The van der Waals surface area contributed by atoms with Gasteiger partial charge in [-0.2, -0.15) is 12.6 Å². The molecule has 0 aromatic rings. The number of thiol groups is 1. The van der Waals surface area contributed by atoms with Crippen LogP contribution in [0.2, 0.25) is 0 Å². The maximum atomic E-state index is 11.5. The van der Waals surface area contributed by atoms with Crippen molar-refractivity contribution in [2.45, 2.75) is 31.8 Å². The summed E-state index contributed by atoms with van der Waals surface area (Å²) < 4.78 is 0. The van der Waals surface area contributed by atoms with E-state index >= 15 is 0 Å². The fraction of sp³-hybridized carbons (Fsp3) is 0.889. The van der Waals surface area contributed by atoms with Crippen LogP contribution >= 0.6 is 12.6 Å². The lowest BCUT2D eigenvalue weighted by atomic mass is 10.1. The van der Waals surface area contributed by atoms with Crippen LogP contribution in [-0.4, -0.2) is 40.9 Å². The molecular formula is C9H17NO2S. The second kappa shape index (κ2) is 5.50. The number of hydrogen-bond acceptors (Lipinski definition) is 3. The number of nitrogens with zero attached hydrogens (tertiary/aromatic N) is 1. The lowest BCUT2D eigenvalue weighted by Gasteiger charge is -2.29. The van der Waals surface area contributed by atoms with E-state index in [0.29, 0.717) is 19.5 Å². The van der Waals surface area contributed by atoms with Crippen LogP contribution in [0.3, 0.4) is 0 Å². The Balaban J connectivity index is 2.23. The third kappa shape index (κ3) is 3.56. The quantitative estimate of drug-likeness (QED) is 0.662. The van der Waals surface area contributed by atoms with Gasteiger partial charge in [0.1, 0.15) is 0 Å². The van der Waals surface area contributed by atoms with E-state index in [2.05, 4.69) is 12.6 Å². The maximum Gasteiger partial charge on any atom is 0.222 e. The minimum atomic E-state index is -0.200. The van der Waals surface area contributed by atoms with Gasteiger partial charge in [0, 0.05) is 19.5 Å². The summed E-state index contributed by atoms with van der Waals surface area (Å²) in [5.74, 6) is 0.975. The maximum absolute atomic E-state index is 11.5. The van der Waals surface area contributed by atoms with Crippen molar-refractivity contribution < 1.29 is 9.90 Å². The van der Waals surface area contributed by atoms with Gasteiger partial charge in [0.25, 0.3) is 0 Å². The number of aliphatic hydroxyl groups is 1. The monoisotopic (exact) mass is 203 g/mol. The second-order valence-corrected chi connectivity index (χ2v) is 3.89. The summed E-state index contributed by atoms with van der Waals surface area (Å²) >= 11 is 4.06. The number of likely N-dealkylation sites (tertiary alicyclic amines) is 1. The molecule has 1 aliphatic rings. The van der Waals surface area contributed by atoms with Gasteiger partial charge < -0.3 is 10.0 Å². The lowest BCUT2D eigenvalue weighted by molar-refractivity contribution is -0.133. The van der Waals surface area contributed by atoms with E-state index in [4.69, 9.17) is 0 Å². The van der Waals surface area contributed by atoms with Gasteiger partial charge in [-0.15, -0.1) is 0 Å². The second-order valence-electron chi connectivity index (χ2n) is 3.44. The molecule has 1 heterocycles. The Hall–Kier alpha value is -0.220. The smallest absolute Gasteiger partial charge is 0.222 e. The molecule has 13 heavy (non-hydrogen) atoms. The van der Waals surface area contributed by atoms with Crippen LogP contribution in [0, 0.1) is 0 Å². The predicted octanol–water partition coefficient (Wildman–Crippen LogP) is 0.680. The van der Waals surface area contributed by atoms with Crippen LogP contribution in [0.15, 0.2) is 0 Å². The van der Waals surface area contributed by atoms with Crippen LogP contribution in [0.5, 0.6) is 0 Å². The van der Waals surface area contributed by atoms with E-state index in [9.17, 15) is 9.90 Å². The largest absolute Gasteiger partial charge is 0.393 e. The molecule has 1 amide bonds. The molecule has 0 spiro atoms. The number of hydrogen-bond donors (Lipinski definition) is 2. The molecule has 3 nitrogen and oxygen atoms in total. The van der Waals surface area contributed by atoms with Crippen molar-refractivity contribution in [1.29, 1.82) is 0 Å². The first-order valence-electron chi connectivity index (χ1n) is 4.80. The fourth-order valence-corrected chi connectivity index (χ4v) is 1.66. The fourth-order valence-electron chi connectivity index (χ4n) is 1.50. The summed E-state index contributed by atoms with van der Waals surface area (Å²) in [7, 11) is 0. The van der Waals surface area contributed by atoms with E-state index < -0.39 is 0 Å². The molecule has 0 unspecified atom stereocenters. The minimum Gasteiger partial charge on any atom is -0.393 e. The number of carbonyl (C=O) groups excluding carboxylic acids is 1. The summed E-state index contributed by atoms with van der Waals surface area (Å²) in [6.45, 7) is 1.43. The van der Waals surface area contributed by atoms with Crippen molar-refractivity contribution in [2.75, 3.05) is 18.8 Å². The van der Waals surface area contributed by atoms with Gasteiger partial charge in [-0.25, -0.2) is 0 Å². The molecular weight excluding hydrogens is 186 g/mol. The summed E-state index contributed by atoms with van der Waals surface area (Å²) in [5.41, 5.74) is 0. The van der Waals surface area contributed by atoms with Crippen LogP contribution in [0.25, 0.3) is 0 Å². The summed E-state index contributed by atoms with van der Waals surface area (Å²) in [4.78, 5) is 13.3. The minimum absolute atomic E-state index is 0.200. The number of carbonyl (C=O) groups is 1. The third-order valence-electron chi connectivity index (χ3n) is 2.37. The molecule has 76 valence electrons. The molecule has 1 fully saturated rings. The molecule has 1 N–H and O–H groups in total. The van der Waals surface area contributed by atoms with Crippen LogP contribution in [0.4, 0.5) is 0 Å². The first-order chi connectivity index (χ1) is 6.24. The molecule has 0 atom stereocenters. The molecule has 0 aliphatic carbocycles. The average Bonchev–Trinajstić information content (AvgIpc) is 2.15. The van der Waals surface area contributed by atoms with Crippen LogP contribution < -0.4 is 0 Å². The zero-order valence-corrected chi connectivity index (χ0v) is 8.67.